The second-order valence-corrected chi connectivity index (χ2v) is 6.53. The molecule has 5 heteroatoms. The number of anilines is 1. The molecule has 0 unspecified atom stereocenters. The molecule has 2 aromatic rings. The lowest BCUT2D eigenvalue weighted by Crippen LogP contribution is -2.44. The minimum absolute atomic E-state index is 0.0920. The molecule has 1 aromatic heterocycles. The monoisotopic (exact) mass is 339 g/mol. The average Bonchev–Trinajstić information content (AvgIpc) is 2.67. The summed E-state index contributed by atoms with van der Waals surface area (Å²) in [5, 5.41) is 12.4. The zero-order valence-corrected chi connectivity index (χ0v) is 14.6. The predicted molar refractivity (Wildman–Crippen MR) is 98.9 cm³/mol. The fourth-order valence-electron chi connectivity index (χ4n) is 3.43. The predicted octanol–water partition coefficient (Wildman–Crippen LogP) is 3.46. The van der Waals surface area contributed by atoms with Gasteiger partial charge in [-0.3, -0.25) is 4.79 Å². The van der Waals surface area contributed by atoms with Crippen molar-refractivity contribution in [3.8, 4) is 5.75 Å². The third-order valence-corrected chi connectivity index (χ3v) is 4.85. The molecule has 1 aliphatic heterocycles. The molecule has 2 N–H and O–H groups in total. The van der Waals surface area contributed by atoms with Gasteiger partial charge < -0.3 is 15.3 Å². The Morgan fingerprint density at radius 3 is 2.84 bits per heavy atom. The van der Waals surface area contributed by atoms with Crippen molar-refractivity contribution < 1.29 is 9.90 Å². The molecule has 1 aliphatic rings. The summed E-state index contributed by atoms with van der Waals surface area (Å²) in [6.45, 7) is 0.816. The van der Waals surface area contributed by atoms with E-state index in [2.05, 4.69) is 10.3 Å². The van der Waals surface area contributed by atoms with Gasteiger partial charge in [0.25, 0.3) is 5.91 Å². The number of piperidine rings is 1. The topological polar surface area (TPSA) is 65.5 Å². The van der Waals surface area contributed by atoms with Crippen molar-refractivity contribution in [2.75, 3.05) is 18.9 Å². The number of likely N-dealkylation sites (tertiary alicyclic amines) is 1. The van der Waals surface area contributed by atoms with Crippen molar-refractivity contribution in [1.29, 1.82) is 0 Å². The van der Waals surface area contributed by atoms with Crippen LogP contribution in [0.1, 0.15) is 41.6 Å². The highest BCUT2D eigenvalue weighted by molar-refractivity contribution is 5.95. The van der Waals surface area contributed by atoms with Crippen molar-refractivity contribution >= 4 is 11.7 Å². The van der Waals surface area contributed by atoms with Crippen molar-refractivity contribution in [2.45, 2.75) is 38.1 Å². The van der Waals surface area contributed by atoms with Crippen LogP contribution in [0.3, 0.4) is 0 Å². The third kappa shape index (κ3) is 4.29. The lowest BCUT2D eigenvalue weighted by atomic mass is 9.95. The van der Waals surface area contributed by atoms with E-state index in [0.717, 1.165) is 32.2 Å². The van der Waals surface area contributed by atoms with Crippen LogP contribution in [0.4, 0.5) is 5.82 Å². The summed E-state index contributed by atoms with van der Waals surface area (Å²) in [4.78, 5) is 19.2. The molecule has 1 saturated heterocycles. The Bertz CT molecular complexity index is 715. The fraction of sp³-hybridized carbons (Fsp3) is 0.400. The minimum atomic E-state index is 0.0920. The molecule has 25 heavy (non-hydrogen) atoms. The maximum Gasteiger partial charge on any atom is 0.254 e. The van der Waals surface area contributed by atoms with Gasteiger partial charge in [0.2, 0.25) is 0 Å². The van der Waals surface area contributed by atoms with Crippen molar-refractivity contribution in [3.63, 3.8) is 0 Å². The smallest absolute Gasteiger partial charge is 0.254 e. The number of phenolic OH excluding ortho intramolecular Hbond substituents is 1. The summed E-state index contributed by atoms with van der Waals surface area (Å²) in [7, 11) is 1.80. The van der Waals surface area contributed by atoms with E-state index in [1.165, 1.54) is 12.0 Å². The highest BCUT2D eigenvalue weighted by Gasteiger charge is 2.27. The quantitative estimate of drug-likeness (QED) is 0.875. The molecule has 0 saturated carbocycles. The normalized spacial score (nSPS) is 17.3. The summed E-state index contributed by atoms with van der Waals surface area (Å²) >= 11 is 0. The summed E-state index contributed by atoms with van der Waals surface area (Å²) in [6, 6.07) is 11.2. The number of amides is 1. The number of aromatic nitrogens is 1. The van der Waals surface area contributed by atoms with Crippen LogP contribution in [-0.2, 0) is 6.42 Å². The molecule has 3 rings (SSSR count). The van der Waals surface area contributed by atoms with E-state index in [1.54, 1.807) is 31.4 Å². The number of carbonyl (C=O) groups excluding carboxylic acids is 1. The Kier molecular flexibility index (Phi) is 5.53. The number of hydrogen-bond acceptors (Lipinski definition) is 4. The molecular weight excluding hydrogens is 314 g/mol. The lowest BCUT2D eigenvalue weighted by molar-refractivity contribution is 0.0602. The number of rotatable bonds is 5. The molecule has 1 aromatic carbocycles. The van der Waals surface area contributed by atoms with Gasteiger partial charge in [-0.1, -0.05) is 12.1 Å². The van der Waals surface area contributed by atoms with Gasteiger partial charge in [0.15, 0.2) is 0 Å². The Balaban J connectivity index is 1.69. The standard InChI is InChI=1S/C20H25N3O2/c1-21-19-14-16(11-12-22-19)20(25)23-13-3-2-4-17(23)8-5-15-6-9-18(24)10-7-15/h6-7,9-12,14,17,24H,2-5,8,13H2,1H3,(H,21,22)/t17-/m1/s1. The number of aromatic hydroxyl groups is 1. The average molecular weight is 339 g/mol. The van der Waals surface area contributed by atoms with E-state index in [4.69, 9.17) is 0 Å². The lowest BCUT2D eigenvalue weighted by Gasteiger charge is -2.36. The first kappa shape index (κ1) is 17.3. The first-order chi connectivity index (χ1) is 12.2. The Hall–Kier alpha value is -2.56. The number of aryl methyl sites for hydroxylation is 1. The van der Waals surface area contributed by atoms with Crippen molar-refractivity contribution in [1.82, 2.24) is 9.88 Å². The Labute approximate surface area is 148 Å². The second-order valence-electron chi connectivity index (χ2n) is 6.53. The van der Waals surface area contributed by atoms with Crippen LogP contribution < -0.4 is 5.32 Å². The number of phenols is 1. The SMILES string of the molecule is CNc1cc(C(=O)N2CCCC[C@@H]2CCc2ccc(O)cc2)ccn1. The van der Waals surface area contributed by atoms with E-state index in [0.29, 0.717) is 11.4 Å². The van der Waals surface area contributed by atoms with Gasteiger partial charge in [0.05, 0.1) is 0 Å². The van der Waals surface area contributed by atoms with Crippen molar-refractivity contribution in [3.05, 3.63) is 53.7 Å². The van der Waals surface area contributed by atoms with E-state index >= 15 is 0 Å². The molecule has 0 bridgehead atoms. The largest absolute Gasteiger partial charge is 0.508 e. The molecule has 1 atom stereocenters. The summed E-state index contributed by atoms with van der Waals surface area (Å²) < 4.78 is 0. The summed E-state index contributed by atoms with van der Waals surface area (Å²) in [5.41, 5.74) is 1.88. The van der Waals surface area contributed by atoms with Gasteiger partial charge in [-0.05, 0) is 61.9 Å². The summed E-state index contributed by atoms with van der Waals surface area (Å²) in [6.07, 6.45) is 6.81. The first-order valence-electron chi connectivity index (χ1n) is 8.90. The molecule has 0 spiro atoms. The van der Waals surface area contributed by atoms with Crippen LogP contribution in [0, 0.1) is 0 Å². The highest BCUT2D eigenvalue weighted by atomic mass is 16.3. The third-order valence-electron chi connectivity index (χ3n) is 4.85. The van der Waals surface area contributed by atoms with Gasteiger partial charge in [-0.15, -0.1) is 0 Å². The van der Waals surface area contributed by atoms with Crippen LogP contribution in [0.5, 0.6) is 5.75 Å². The van der Waals surface area contributed by atoms with Crippen molar-refractivity contribution in [2.24, 2.45) is 0 Å². The summed E-state index contributed by atoms with van der Waals surface area (Å²) in [5.74, 6) is 1.09. The molecule has 2 heterocycles. The number of pyridine rings is 1. The maximum absolute atomic E-state index is 13.0. The number of benzene rings is 1. The van der Waals surface area contributed by atoms with E-state index < -0.39 is 0 Å². The fourth-order valence-corrected chi connectivity index (χ4v) is 3.43. The van der Waals surface area contributed by atoms with Crippen LogP contribution in [0.25, 0.3) is 0 Å². The van der Waals surface area contributed by atoms with E-state index in [-0.39, 0.29) is 17.7 Å². The second kappa shape index (κ2) is 8.01. The zero-order chi connectivity index (χ0) is 17.6. The minimum Gasteiger partial charge on any atom is -0.508 e. The molecule has 0 aliphatic carbocycles. The number of nitrogens with one attached hydrogen (secondary N) is 1. The highest BCUT2D eigenvalue weighted by Crippen LogP contribution is 2.24. The number of nitrogens with zero attached hydrogens (tertiary/aromatic N) is 2. The molecular formula is C20H25N3O2. The molecule has 5 nitrogen and oxygen atoms in total. The molecule has 132 valence electrons. The van der Waals surface area contributed by atoms with Crippen LogP contribution in [0.2, 0.25) is 0 Å². The Morgan fingerprint density at radius 2 is 2.08 bits per heavy atom. The molecule has 1 fully saturated rings. The van der Waals surface area contributed by atoms with Gasteiger partial charge in [-0.25, -0.2) is 4.98 Å². The van der Waals surface area contributed by atoms with Gasteiger partial charge in [0.1, 0.15) is 11.6 Å². The number of hydrogen-bond donors (Lipinski definition) is 2. The number of carbonyl (C=O) groups is 1. The van der Waals surface area contributed by atoms with Gasteiger partial charge >= 0.3 is 0 Å². The Morgan fingerprint density at radius 1 is 1.28 bits per heavy atom. The first-order valence-corrected chi connectivity index (χ1v) is 8.90. The van der Waals surface area contributed by atoms with Gasteiger partial charge in [0, 0.05) is 31.4 Å². The molecule has 0 radical (unpaired) electrons. The zero-order valence-electron chi connectivity index (χ0n) is 14.6. The van der Waals surface area contributed by atoms with E-state index in [9.17, 15) is 9.90 Å². The maximum atomic E-state index is 13.0. The van der Waals surface area contributed by atoms with Crippen LogP contribution in [0.15, 0.2) is 42.6 Å². The van der Waals surface area contributed by atoms with Crippen LogP contribution in [-0.4, -0.2) is 40.5 Å². The van der Waals surface area contributed by atoms with Gasteiger partial charge in [-0.2, -0.15) is 0 Å². The van der Waals surface area contributed by atoms with E-state index in [1.807, 2.05) is 23.1 Å². The van der Waals surface area contributed by atoms with Crippen LogP contribution >= 0.6 is 0 Å². The molecule has 1 amide bonds.